The van der Waals surface area contributed by atoms with Gasteiger partial charge in [0.1, 0.15) is 0 Å². The second-order valence-corrected chi connectivity index (χ2v) is 4.21. The molecular formula is C12H13ClO2. The van der Waals surface area contributed by atoms with Crippen LogP contribution in [-0.4, -0.2) is 18.5 Å². The van der Waals surface area contributed by atoms with Gasteiger partial charge < -0.3 is 4.74 Å². The fourth-order valence-corrected chi connectivity index (χ4v) is 1.89. The van der Waals surface area contributed by atoms with Gasteiger partial charge in [0.05, 0.1) is 6.10 Å². The Bertz CT molecular complexity index is 339. The number of Topliss-reactive ketones (excluding diaryl/α,β-unsaturated/α-hetero) is 1. The first kappa shape index (κ1) is 10.7. The third kappa shape index (κ3) is 2.80. The second-order valence-electron chi connectivity index (χ2n) is 3.77. The number of hydrogen-bond acceptors (Lipinski definition) is 2. The quantitative estimate of drug-likeness (QED) is 0.738. The summed E-state index contributed by atoms with van der Waals surface area (Å²) in [6.07, 6.45) is 2.67. The van der Waals surface area contributed by atoms with Crippen molar-refractivity contribution in [3.8, 4) is 0 Å². The van der Waals surface area contributed by atoms with Gasteiger partial charge in [-0.15, -0.1) is 0 Å². The summed E-state index contributed by atoms with van der Waals surface area (Å²) in [5.74, 6) is 0.138. The molecule has 15 heavy (non-hydrogen) atoms. The maximum Gasteiger partial charge on any atom is 0.165 e. The normalized spacial score (nSPS) is 20.5. The molecule has 1 aliphatic rings. The maximum absolute atomic E-state index is 11.8. The smallest absolute Gasteiger partial charge is 0.165 e. The molecule has 0 N–H and O–H groups in total. The fraction of sp³-hybridized carbons (Fsp3) is 0.417. The third-order valence-electron chi connectivity index (χ3n) is 2.60. The summed E-state index contributed by atoms with van der Waals surface area (Å²) in [7, 11) is 0. The molecule has 0 aromatic heterocycles. The zero-order valence-electron chi connectivity index (χ0n) is 8.41. The zero-order chi connectivity index (χ0) is 10.7. The highest BCUT2D eigenvalue weighted by Gasteiger charge is 2.19. The lowest BCUT2D eigenvalue weighted by molar-refractivity contribution is 0.0775. The molecule has 0 saturated carbocycles. The van der Waals surface area contributed by atoms with Gasteiger partial charge in [-0.3, -0.25) is 4.79 Å². The summed E-state index contributed by atoms with van der Waals surface area (Å²) in [4.78, 5) is 11.8. The van der Waals surface area contributed by atoms with E-state index in [1.54, 1.807) is 24.3 Å². The van der Waals surface area contributed by atoms with Crippen LogP contribution in [-0.2, 0) is 4.74 Å². The third-order valence-corrected chi connectivity index (χ3v) is 2.86. The Kier molecular flexibility index (Phi) is 3.39. The predicted molar refractivity (Wildman–Crippen MR) is 59.4 cm³/mol. The van der Waals surface area contributed by atoms with Crippen LogP contribution in [0.3, 0.4) is 0 Å². The number of benzene rings is 1. The van der Waals surface area contributed by atoms with Crippen molar-refractivity contribution in [2.75, 3.05) is 6.61 Å². The summed E-state index contributed by atoms with van der Waals surface area (Å²) in [6, 6.07) is 7.01. The summed E-state index contributed by atoms with van der Waals surface area (Å²) >= 11 is 5.75. The van der Waals surface area contributed by atoms with Gasteiger partial charge in [-0.2, -0.15) is 0 Å². The Morgan fingerprint density at radius 1 is 1.40 bits per heavy atom. The summed E-state index contributed by atoms with van der Waals surface area (Å²) in [5.41, 5.74) is 0.718. The first-order chi connectivity index (χ1) is 7.25. The molecule has 1 saturated heterocycles. The lowest BCUT2D eigenvalue weighted by Crippen LogP contribution is -2.12. The van der Waals surface area contributed by atoms with E-state index in [2.05, 4.69) is 0 Å². The van der Waals surface area contributed by atoms with Crippen LogP contribution in [0.1, 0.15) is 29.6 Å². The number of carbonyl (C=O) groups is 1. The largest absolute Gasteiger partial charge is 0.378 e. The van der Waals surface area contributed by atoms with Gasteiger partial charge in [0.25, 0.3) is 0 Å². The van der Waals surface area contributed by atoms with Gasteiger partial charge in [0.2, 0.25) is 0 Å². The number of ketones is 1. The van der Waals surface area contributed by atoms with Gasteiger partial charge >= 0.3 is 0 Å². The van der Waals surface area contributed by atoms with Crippen molar-refractivity contribution in [3.05, 3.63) is 34.9 Å². The summed E-state index contributed by atoms with van der Waals surface area (Å²) < 4.78 is 5.42. The van der Waals surface area contributed by atoms with Crippen LogP contribution in [0.25, 0.3) is 0 Å². The van der Waals surface area contributed by atoms with E-state index >= 15 is 0 Å². The lowest BCUT2D eigenvalue weighted by atomic mass is 10.0. The molecule has 0 spiro atoms. The van der Waals surface area contributed by atoms with Gasteiger partial charge in [-0.1, -0.05) is 11.6 Å². The minimum absolute atomic E-state index is 0.119. The van der Waals surface area contributed by atoms with E-state index in [0.29, 0.717) is 11.4 Å². The van der Waals surface area contributed by atoms with Crippen LogP contribution in [0.4, 0.5) is 0 Å². The molecule has 2 nitrogen and oxygen atoms in total. The second kappa shape index (κ2) is 4.77. The summed E-state index contributed by atoms with van der Waals surface area (Å²) in [5, 5.41) is 0.656. The number of rotatable bonds is 3. The molecule has 1 atom stereocenters. The Morgan fingerprint density at radius 3 is 2.73 bits per heavy atom. The first-order valence-corrected chi connectivity index (χ1v) is 5.54. The predicted octanol–water partition coefficient (Wildman–Crippen LogP) is 3.09. The van der Waals surface area contributed by atoms with E-state index in [9.17, 15) is 4.79 Å². The van der Waals surface area contributed by atoms with Crippen molar-refractivity contribution >= 4 is 17.4 Å². The van der Waals surface area contributed by atoms with Crippen molar-refractivity contribution in [2.24, 2.45) is 0 Å². The molecule has 80 valence electrons. The van der Waals surface area contributed by atoms with Gasteiger partial charge in [0.15, 0.2) is 5.78 Å². The molecule has 2 rings (SSSR count). The molecule has 1 aliphatic heterocycles. The number of halogens is 1. The zero-order valence-corrected chi connectivity index (χ0v) is 9.17. The highest BCUT2D eigenvalue weighted by atomic mass is 35.5. The molecule has 0 amide bonds. The van der Waals surface area contributed by atoms with Crippen LogP contribution in [0.15, 0.2) is 24.3 Å². The molecule has 3 heteroatoms. The minimum Gasteiger partial charge on any atom is -0.378 e. The van der Waals surface area contributed by atoms with Gasteiger partial charge in [0, 0.05) is 23.6 Å². The monoisotopic (exact) mass is 224 g/mol. The van der Waals surface area contributed by atoms with E-state index in [1.807, 2.05) is 0 Å². The highest BCUT2D eigenvalue weighted by Crippen LogP contribution is 2.18. The van der Waals surface area contributed by atoms with Crippen molar-refractivity contribution in [1.82, 2.24) is 0 Å². The molecule has 0 aliphatic carbocycles. The topological polar surface area (TPSA) is 26.3 Å². The molecular weight excluding hydrogens is 212 g/mol. The van der Waals surface area contributed by atoms with Crippen LogP contribution in [0, 0.1) is 0 Å². The van der Waals surface area contributed by atoms with E-state index in [4.69, 9.17) is 16.3 Å². The van der Waals surface area contributed by atoms with Crippen LogP contribution < -0.4 is 0 Å². The Morgan fingerprint density at radius 2 is 2.13 bits per heavy atom. The van der Waals surface area contributed by atoms with Crippen molar-refractivity contribution in [3.63, 3.8) is 0 Å². The number of carbonyl (C=O) groups excluding carboxylic acids is 1. The maximum atomic E-state index is 11.8. The first-order valence-electron chi connectivity index (χ1n) is 5.16. The molecule has 1 fully saturated rings. The Labute approximate surface area is 94.2 Å². The number of ether oxygens (including phenoxy) is 1. The lowest BCUT2D eigenvalue weighted by Gasteiger charge is -2.07. The molecule has 0 bridgehead atoms. The number of hydrogen-bond donors (Lipinski definition) is 0. The Balaban J connectivity index is 1.98. The highest BCUT2D eigenvalue weighted by molar-refractivity contribution is 6.30. The van der Waals surface area contributed by atoms with Crippen LogP contribution in [0.2, 0.25) is 5.02 Å². The van der Waals surface area contributed by atoms with Gasteiger partial charge in [-0.25, -0.2) is 0 Å². The van der Waals surface area contributed by atoms with Crippen molar-refractivity contribution in [1.29, 1.82) is 0 Å². The molecule has 1 heterocycles. The fourth-order valence-electron chi connectivity index (χ4n) is 1.77. The molecule has 1 aromatic carbocycles. The molecule has 1 aromatic rings. The van der Waals surface area contributed by atoms with Crippen molar-refractivity contribution in [2.45, 2.75) is 25.4 Å². The van der Waals surface area contributed by atoms with Crippen LogP contribution >= 0.6 is 11.6 Å². The average Bonchev–Trinajstić information content (AvgIpc) is 2.71. The van der Waals surface area contributed by atoms with E-state index in [-0.39, 0.29) is 11.9 Å². The van der Waals surface area contributed by atoms with Gasteiger partial charge in [-0.05, 0) is 37.1 Å². The van der Waals surface area contributed by atoms with E-state index in [1.165, 1.54) is 0 Å². The minimum atomic E-state index is 0.119. The standard InChI is InChI=1S/C12H13ClO2/c13-10-5-3-9(4-6-10)12(14)8-11-2-1-7-15-11/h3-6,11H,1-2,7-8H2. The van der Waals surface area contributed by atoms with E-state index in [0.717, 1.165) is 25.0 Å². The van der Waals surface area contributed by atoms with Crippen LogP contribution in [0.5, 0.6) is 0 Å². The average molecular weight is 225 g/mol. The summed E-state index contributed by atoms with van der Waals surface area (Å²) in [6.45, 7) is 0.790. The van der Waals surface area contributed by atoms with Crippen molar-refractivity contribution < 1.29 is 9.53 Å². The van der Waals surface area contributed by atoms with E-state index < -0.39 is 0 Å². The SMILES string of the molecule is O=C(CC1CCCO1)c1ccc(Cl)cc1. The Hall–Kier alpha value is -0.860. The molecule has 1 unspecified atom stereocenters. The molecule has 0 radical (unpaired) electrons.